The Hall–Kier alpha value is -4.44. The molecule has 10 heteroatoms. The molecule has 4 aromatic rings. The third-order valence-corrected chi connectivity index (χ3v) is 6.51. The molecule has 0 aliphatic carbocycles. The molecule has 1 aliphatic rings. The van der Waals surface area contributed by atoms with Crippen LogP contribution in [0.25, 0.3) is 22.2 Å². The second kappa shape index (κ2) is 10.3. The molecule has 1 saturated heterocycles. The van der Waals surface area contributed by atoms with Crippen LogP contribution in [0.3, 0.4) is 0 Å². The summed E-state index contributed by atoms with van der Waals surface area (Å²) >= 11 is 0. The fourth-order valence-electron chi connectivity index (χ4n) is 4.41. The molecular weight excluding hydrogens is 468 g/mol. The highest BCUT2D eigenvalue weighted by atomic mass is 16.5. The van der Waals surface area contributed by atoms with Crippen LogP contribution in [0.1, 0.15) is 0 Å². The molecule has 5 rings (SSSR count). The summed E-state index contributed by atoms with van der Waals surface area (Å²) in [6, 6.07) is 9.62. The van der Waals surface area contributed by atoms with Gasteiger partial charge < -0.3 is 29.7 Å². The van der Waals surface area contributed by atoms with Crippen LogP contribution in [-0.2, 0) is 11.8 Å². The summed E-state index contributed by atoms with van der Waals surface area (Å²) in [7, 11) is 5.72. The monoisotopic (exact) mass is 498 g/mol. The lowest BCUT2D eigenvalue weighted by atomic mass is 10.1. The lowest BCUT2D eigenvalue weighted by Gasteiger charge is -2.34. The zero-order valence-electron chi connectivity index (χ0n) is 21.2. The number of nitrogens with zero attached hydrogens (tertiary/aromatic N) is 6. The van der Waals surface area contributed by atoms with Crippen LogP contribution in [0, 0.1) is 0 Å². The smallest absolute Gasteiger partial charge is 0.247 e. The molecule has 190 valence electrons. The molecule has 0 saturated carbocycles. The molecule has 10 nitrogen and oxygen atoms in total. The summed E-state index contributed by atoms with van der Waals surface area (Å²) in [5.74, 6) is 1.32. The standard InChI is InChI=1S/C27H30N8O2/c1-5-24(36)30-19-8-6-7-18(13-19)21-17-34(3)22-16-29-27(31-25(21)22)32-26-23(37-4)14-20(15-28-26)35-11-9-33(2)10-12-35/h5-8,13-17H,1,9-12H2,2-4H3,(H,30,36)(H,28,29,31,32). The molecule has 37 heavy (non-hydrogen) atoms. The van der Waals surface area contributed by atoms with Crippen LogP contribution < -0.4 is 20.3 Å². The van der Waals surface area contributed by atoms with Gasteiger partial charge in [0.2, 0.25) is 11.9 Å². The first-order valence-electron chi connectivity index (χ1n) is 12.1. The molecule has 4 heterocycles. The topological polar surface area (TPSA) is 100 Å². The molecule has 1 aliphatic heterocycles. The van der Waals surface area contributed by atoms with Crippen molar-refractivity contribution in [3.63, 3.8) is 0 Å². The van der Waals surface area contributed by atoms with Gasteiger partial charge in [-0.1, -0.05) is 18.7 Å². The van der Waals surface area contributed by atoms with Gasteiger partial charge in [0.25, 0.3) is 0 Å². The highest BCUT2D eigenvalue weighted by Gasteiger charge is 2.18. The van der Waals surface area contributed by atoms with Crippen LogP contribution >= 0.6 is 0 Å². The van der Waals surface area contributed by atoms with E-state index in [1.54, 1.807) is 13.3 Å². The predicted octanol–water partition coefficient (Wildman–Crippen LogP) is 3.66. The number of nitrogens with one attached hydrogen (secondary N) is 2. The zero-order valence-corrected chi connectivity index (χ0v) is 21.2. The van der Waals surface area contributed by atoms with Gasteiger partial charge in [-0.15, -0.1) is 0 Å². The first-order valence-corrected chi connectivity index (χ1v) is 12.1. The average Bonchev–Trinajstić information content (AvgIpc) is 3.25. The van der Waals surface area contributed by atoms with Gasteiger partial charge in [0.05, 0.1) is 30.7 Å². The molecule has 1 fully saturated rings. The van der Waals surface area contributed by atoms with Gasteiger partial charge >= 0.3 is 0 Å². The minimum absolute atomic E-state index is 0.260. The summed E-state index contributed by atoms with van der Waals surface area (Å²) < 4.78 is 7.62. The Morgan fingerprint density at radius 3 is 2.68 bits per heavy atom. The van der Waals surface area contributed by atoms with E-state index in [0.29, 0.717) is 23.2 Å². The van der Waals surface area contributed by atoms with E-state index in [-0.39, 0.29) is 5.91 Å². The number of anilines is 4. The van der Waals surface area contributed by atoms with Gasteiger partial charge in [-0.05, 0) is 30.8 Å². The van der Waals surface area contributed by atoms with Gasteiger partial charge in [-0.25, -0.2) is 15.0 Å². The number of ether oxygens (including phenoxy) is 1. The van der Waals surface area contributed by atoms with Crippen molar-refractivity contribution in [2.24, 2.45) is 7.05 Å². The lowest BCUT2D eigenvalue weighted by Crippen LogP contribution is -2.44. The molecule has 1 amide bonds. The van der Waals surface area contributed by atoms with Gasteiger partial charge in [-0.2, -0.15) is 0 Å². The van der Waals surface area contributed by atoms with Crippen molar-refractivity contribution in [3.8, 4) is 16.9 Å². The fourth-order valence-corrected chi connectivity index (χ4v) is 4.41. The summed E-state index contributed by atoms with van der Waals surface area (Å²) in [6.45, 7) is 7.43. The first kappa shape index (κ1) is 24.3. The molecule has 0 unspecified atom stereocenters. The number of piperazine rings is 1. The van der Waals surface area contributed by atoms with Crippen molar-refractivity contribution < 1.29 is 9.53 Å². The number of fused-ring (bicyclic) bond motifs is 1. The van der Waals surface area contributed by atoms with E-state index in [2.05, 4.69) is 44.0 Å². The zero-order chi connectivity index (χ0) is 25.9. The maximum Gasteiger partial charge on any atom is 0.247 e. The van der Waals surface area contributed by atoms with Crippen LogP contribution in [0.2, 0.25) is 0 Å². The van der Waals surface area contributed by atoms with E-state index >= 15 is 0 Å². The molecule has 1 aromatic carbocycles. The second-order valence-corrected chi connectivity index (χ2v) is 9.02. The van der Waals surface area contributed by atoms with Crippen molar-refractivity contribution >= 4 is 40.1 Å². The van der Waals surface area contributed by atoms with E-state index in [9.17, 15) is 4.79 Å². The van der Waals surface area contributed by atoms with Crippen LogP contribution in [0.5, 0.6) is 5.75 Å². The first-order chi connectivity index (χ1) is 17.9. The summed E-state index contributed by atoms with van der Waals surface area (Å²) in [4.78, 5) is 30.3. The molecular formula is C27H30N8O2. The summed E-state index contributed by atoms with van der Waals surface area (Å²) in [5, 5.41) is 6.03. The number of amides is 1. The number of hydrogen-bond donors (Lipinski definition) is 2. The number of likely N-dealkylation sites (N-methyl/N-ethyl adjacent to an activating group) is 1. The number of rotatable bonds is 7. The fraction of sp³-hybridized carbons (Fsp3) is 0.259. The number of pyridine rings is 1. The SMILES string of the molecule is C=CC(=O)Nc1cccc(-c2cn(C)c3cnc(Nc4ncc(N5CCN(C)CC5)cc4OC)nc23)c1. The van der Waals surface area contributed by atoms with Gasteiger partial charge in [0, 0.05) is 56.7 Å². The average molecular weight is 499 g/mol. The number of hydrogen-bond acceptors (Lipinski definition) is 8. The third kappa shape index (κ3) is 5.10. The third-order valence-electron chi connectivity index (χ3n) is 6.51. The Kier molecular flexibility index (Phi) is 6.74. The molecule has 0 atom stereocenters. The Balaban J connectivity index is 1.44. The summed E-state index contributed by atoms with van der Waals surface area (Å²) in [5.41, 5.74) is 5.21. The number of aryl methyl sites for hydroxylation is 1. The van der Waals surface area contributed by atoms with E-state index < -0.39 is 0 Å². The Morgan fingerprint density at radius 2 is 1.92 bits per heavy atom. The molecule has 2 N–H and O–H groups in total. The van der Waals surface area contributed by atoms with E-state index in [1.165, 1.54) is 6.08 Å². The Bertz CT molecular complexity index is 1460. The number of methoxy groups -OCH3 is 1. The predicted molar refractivity (Wildman–Crippen MR) is 147 cm³/mol. The van der Waals surface area contributed by atoms with Crippen LogP contribution in [-0.4, -0.2) is 70.7 Å². The van der Waals surface area contributed by atoms with Crippen LogP contribution in [0.15, 0.2) is 61.6 Å². The maximum absolute atomic E-state index is 11.8. The van der Waals surface area contributed by atoms with E-state index in [1.807, 2.05) is 54.3 Å². The quantitative estimate of drug-likeness (QED) is 0.373. The normalized spacial score (nSPS) is 14.0. The molecule has 3 aromatic heterocycles. The minimum Gasteiger partial charge on any atom is -0.493 e. The lowest BCUT2D eigenvalue weighted by molar-refractivity contribution is -0.111. The largest absolute Gasteiger partial charge is 0.493 e. The van der Waals surface area contributed by atoms with Crippen molar-refractivity contribution in [2.45, 2.75) is 0 Å². The Labute approximate surface area is 215 Å². The highest BCUT2D eigenvalue weighted by molar-refractivity contribution is 6.00. The number of aromatic nitrogens is 4. The van der Waals surface area contributed by atoms with Crippen molar-refractivity contribution in [1.82, 2.24) is 24.4 Å². The molecule has 0 spiro atoms. The van der Waals surface area contributed by atoms with Crippen molar-refractivity contribution in [1.29, 1.82) is 0 Å². The highest BCUT2D eigenvalue weighted by Crippen LogP contribution is 2.33. The van der Waals surface area contributed by atoms with E-state index in [0.717, 1.165) is 54.0 Å². The molecule has 0 radical (unpaired) electrons. The van der Waals surface area contributed by atoms with Gasteiger partial charge in [0.15, 0.2) is 11.6 Å². The van der Waals surface area contributed by atoms with Gasteiger partial charge in [-0.3, -0.25) is 4.79 Å². The molecule has 0 bridgehead atoms. The van der Waals surface area contributed by atoms with E-state index in [4.69, 9.17) is 9.72 Å². The maximum atomic E-state index is 11.8. The van der Waals surface area contributed by atoms with Crippen LogP contribution in [0.4, 0.5) is 23.1 Å². The Morgan fingerprint density at radius 1 is 1.11 bits per heavy atom. The second-order valence-electron chi connectivity index (χ2n) is 9.02. The van der Waals surface area contributed by atoms with Gasteiger partial charge in [0.1, 0.15) is 5.52 Å². The van der Waals surface area contributed by atoms with Crippen molar-refractivity contribution in [3.05, 3.63) is 61.6 Å². The summed E-state index contributed by atoms with van der Waals surface area (Å²) in [6.07, 6.45) is 6.88. The van der Waals surface area contributed by atoms with Crippen molar-refractivity contribution in [2.75, 3.05) is 55.9 Å². The number of carbonyl (C=O) groups is 1. The number of carbonyl (C=O) groups excluding carboxylic acids is 1. The number of benzene rings is 1. The minimum atomic E-state index is -0.260.